The topological polar surface area (TPSA) is 16.6 Å². The van der Waals surface area contributed by atoms with E-state index in [1.807, 2.05) is 0 Å². The molecule has 0 aromatic heterocycles. The number of rotatable bonds is 4. The Morgan fingerprint density at radius 2 is 1.29 bits per heavy atom. The molecule has 0 amide bonds. The zero-order valence-corrected chi connectivity index (χ0v) is 11.6. The summed E-state index contributed by atoms with van der Waals surface area (Å²) >= 11 is 3.45. The van der Waals surface area contributed by atoms with Gasteiger partial charge in [-0.1, -0.05) is 57.9 Å². The van der Waals surface area contributed by atoms with Gasteiger partial charge in [0.2, 0.25) is 0 Å². The summed E-state index contributed by atoms with van der Waals surface area (Å²) in [5.41, 5.74) is 4.06. The normalized spacial score (nSPS) is 10.5. The third kappa shape index (κ3) is 3.99. The molecule has 0 aliphatic carbocycles. The van der Waals surface area contributed by atoms with Gasteiger partial charge in [-0.05, 0) is 19.1 Å². The van der Waals surface area contributed by atoms with Gasteiger partial charge in [-0.15, -0.1) is 0 Å². The molecular weight excluding hydrogens is 274 g/mol. The Hall–Kier alpha value is -1.12. The summed E-state index contributed by atoms with van der Waals surface area (Å²) in [7, 11) is 0. The first-order valence-corrected chi connectivity index (χ1v) is 6.65. The van der Waals surface area contributed by atoms with Crippen molar-refractivity contribution in [3.8, 4) is 0 Å². The van der Waals surface area contributed by atoms with Crippen LogP contribution in [0.2, 0.25) is 0 Å². The fourth-order valence-corrected chi connectivity index (χ4v) is 2.01. The van der Waals surface area contributed by atoms with E-state index in [4.69, 9.17) is 0 Å². The van der Waals surface area contributed by atoms with Crippen LogP contribution in [0.5, 0.6) is 0 Å². The predicted molar refractivity (Wildman–Crippen MR) is 74.7 cm³/mol. The van der Waals surface area contributed by atoms with Crippen LogP contribution in [0, 0.1) is 6.92 Å². The molecule has 2 heteroatoms. The summed E-state index contributed by atoms with van der Waals surface area (Å²) in [6, 6.07) is 17.3. The zero-order valence-electron chi connectivity index (χ0n) is 9.99. The van der Waals surface area contributed by atoms with Crippen LogP contribution in [-0.2, 0) is 13.1 Å². The van der Waals surface area contributed by atoms with Crippen molar-refractivity contribution in [3.05, 3.63) is 69.7 Å². The maximum atomic E-state index is 3.45. The van der Waals surface area contributed by atoms with Crippen molar-refractivity contribution >= 4 is 15.9 Å². The van der Waals surface area contributed by atoms with Crippen molar-refractivity contribution in [1.29, 1.82) is 0 Å². The number of quaternary nitrogens is 1. The largest absolute Gasteiger partial charge is 0.339 e. The molecular formula is C15H17BrN+. The molecule has 0 spiro atoms. The quantitative estimate of drug-likeness (QED) is 0.891. The van der Waals surface area contributed by atoms with E-state index in [9.17, 15) is 0 Å². The first-order chi connectivity index (χ1) is 8.24. The average Bonchev–Trinajstić information content (AvgIpc) is 2.34. The number of benzene rings is 2. The molecule has 88 valence electrons. The van der Waals surface area contributed by atoms with Crippen LogP contribution in [-0.4, -0.2) is 0 Å². The molecule has 2 aromatic rings. The molecule has 0 radical (unpaired) electrons. The van der Waals surface area contributed by atoms with Crippen LogP contribution >= 0.6 is 15.9 Å². The smallest absolute Gasteiger partial charge is 0.101 e. The Kier molecular flexibility index (Phi) is 4.35. The molecule has 0 saturated heterocycles. The maximum Gasteiger partial charge on any atom is 0.101 e. The molecule has 1 nitrogen and oxygen atoms in total. The zero-order chi connectivity index (χ0) is 12.1. The van der Waals surface area contributed by atoms with Crippen molar-refractivity contribution in [3.63, 3.8) is 0 Å². The fourth-order valence-electron chi connectivity index (χ4n) is 1.75. The SMILES string of the molecule is Cc1ccc(C[NH2+]Cc2ccc(Br)cc2)cc1. The Balaban J connectivity index is 1.83. The lowest BCUT2D eigenvalue weighted by atomic mass is 10.1. The van der Waals surface area contributed by atoms with Gasteiger partial charge in [0.1, 0.15) is 13.1 Å². The summed E-state index contributed by atoms with van der Waals surface area (Å²) in [6.45, 7) is 4.19. The van der Waals surface area contributed by atoms with Gasteiger partial charge in [-0.2, -0.15) is 0 Å². The van der Waals surface area contributed by atoms with Crippen molar-refractivity contribution in [2.24, 2.45) is 0 Å². The molecule has 0 unspecified atom stereocenters. The monoisotopic (exact) mass is 290 g/mol. The van der Waals surface area contributed by atoms with Gasteiger partial charge in [0.05, 0.1) is 0 Å². The van der Waals surface area contributed by atoms with E-state index in [0.717, 1.165) is 17.6 Å². The fraction of sp³-hybridized carbons (Fsp3) is 0.200. The van der Waals surface area contributed by atoms with Gasteiger partial charge in [-0.25, -0.2) is 0 Å². The Morgan fingerprint density at radius 1 is 0.824 bits per heavy atom. The van der Waals surface area contributed by atoms with E-state index in [1.54, 1.807) is 0 Å². The molecule has 0 bridgehead atoms. The highest BCUT2D eigenvalue weighted by Gasteiger charge is 1.97. The predicted octanol–water partition coefficient (Wildman–Crippen LogP) is 3.02. The molecule has 0 fully saturated rings. The van der Waals surface area contributed by atoms with Gasteiger partial charge >= 0.3 is 0 Å². The van der Waals surface area contributed by atoms with E-state index in [-0.39, 0.29) is 0 Å². The van der Waals surface area contributed by atoms with E-state index < -0.39 is 0 Å². The van der Waals surface area contributed by atoms with Crippen LogP contribution in [0.15, 0.2) is 53.0 Å². The van der Waals surface area contributed by atoms with Crippen molar-refractivity contribution in [2.75, 3.05) is 0 Å². The maximum absolute atomic E-state index is 3.45. The second-order valence-electron chi connectivity index (χ2n) is 4.31. The summed E-state index contributed by atoms with van der Waals surface area (Å²) in [5.74, 6) is 0. The summed E-state index contributed by atoms with van der Waals surface area (Å²) in [6.07, 6.45) is 0. The molecule has 2 aromatic carbocycles. The second kappa shape index (κ2) is 5.99. The average molecular weight is 291 g/mol. The van der Waals surface area contributed by atoms with Crippen LogP contribution in [0.25, 0.3) is 0 Å². The van der Waals surface area contributed by atoms with Crippen LogP contribution in [0.3, 0.4) is 0 Å². The van der Waals surface area contributed by atoms with Crippen LogP contribution < -0.4 is 5.32 Å². The summed E-state index contributed by atoms with van der Waals surface area (Å²) in [5, 5.41) is 2.33. The first kappa shape index (κ1) is 12.3. The number of halogens is 1. The molecule has 0 saturated carbocycles. The minimum absolute atomic E-state index is 1.03. The molecule has 2 rings (SSSR count). The highest BCUT2D eigenvalue weighted by Crippen LogP contribution is 2.09. The second-order valence-corrected chi connectivity index (χ2v) is 5.22. The van der Waals surface area contributed by atoms with Gasteiger partial charge < -0.3 is 5.32 Å². The lowest BCUT2D eigenvalue weighted by Crippen LogP contribution is -2.80. The lowest BCUT2D eigenvalue weighted by molar-refractivity contribution is -0.686. The standard InChI is InChI=1S/C15H16BrN/c1-12-2-4-13(5-3-12)10-17-11-14-6-8-15(16)9-7-14/h2-9,17H,10-11H2,1H3/p+1. The van der Waals surface area contributed by atoms with Gasteiger partial charge in [-0.3, -0.25) is 0 Å². The van der Waals surface area contributed by atoms with E-state index in [1.165, 1.54) is 16.7 Å². The van der Waals surface area contributed by atoms with Crippen molar-refractivity contribution in [2.45, 2.75) is 20.0 Å². The summed E-state index contributed by atoms with van der Waals surface area (Å²) < 4.78 is 1.14. The van der Waals surface area contributed by atoms with E-state index in [2.05, 4.69) is 76.7 Å². The molecule has 0 aliphatic rings. The minimum atomic E-state index is 1.03. The van der Waals surface area contributed by atoms with Crippen molar-refractivity contribution in [1.82, 2.24) is 0 Å². The number of hydrogen-bond acceptors (Lipinski definition) is 0. The third-order valence-electron chi connectivity index (χ3n) is 2.79. The molecule has 0 heterocycles. The first-order valence-electron chi connectivity index (χ1n) is 5.86. The molecule has 17 heavy (non-hydrogen) atoms. The lowest BCUT2D eigenvalue weighted by Gasteiger charge is -2.03. The highest BCUT2D eigenvalue weighted by molar-refractivity contribution is 9.10. The van der Waals surface area contributed by atoms with Gasteiger partial charge in [0.15, 0.2) is 0 Å². The van der Waals surface area contributed by atoms with E-state index >= 15 is 0 Å². The third-order valence-corrected chi connectivity index (χ3v) is 3.32. The number of aryl methyl sites for hydroxylation is 1. The van der Waals surface area contributed by atoms with Crippen molar-refractivity contribution < 1.29 is 5.32 Å². The minimum Gasteiger partial charge on any atom is -0.339 e. The Labute approximate surface area is 111 Å². The van der Waals surface area contributed by atoms with Crippen LogP contribution in [0.4, 0.5) is 0 Å². The van der Waals surface area contributed by atoms with Gasteiger partial charge in [0, 0.05) is 15.6 Å². The Morgan fingerprint density at radius 3 is 1.82 bits per heavy atom. The molecule has 0 aliphatic heterocycles. The molecule has 0 atom stereocenters. The van der Waals surface area contributed by atoms with E-state index in [0.29, 0.717) is 0 Å². The van der Waals surface area contributed by atoms with Gasteiger partial charge in [0.25, 0.3) is 0 Å². The molecule has 2 N–H and O–H groups in total. The number of hydrogen-bond donors (Lipinski definition) is 1. The highest BCUT2D eigenvalue weighted by atomic mass is 79.9. The number of nitrogens with two attached hydrogens (primary N) is 1. The summed E-state index contributed by atoms with van der Waals surface area (Å²) in [4.78, 5) is 0. The Bertz CT molecular complexity index is 414. The van der Waals surface area contributed by atoms with Crippen LogP contribution in [0.1, 0.15) is 16.7 Å².